The Labute approximate surface area is 59.7 Å². The van der Waals surface area contributed by atoms with Crippen LogP contribution in [0.1, 0.15) is 20.8 Å². The van der Waals surface area contributed by atoms with E-state index in [0.29, 0.717) is 0 Å². The maximum Gasteiger partial charge on any atom is 0.381 e. The van der Waals surface area contributed by atoms with Gasteiger partial charge in [0.15, 0.2) is 0 Å². The van der Waals surface area contributed by atoms with Gasteiger partial charge in [0.2, 0.25) is 0 Å². The quantitative estimate of drug-likeness (QED) is 0.625. The Balaban J connectivity index is 4.14. The molecule has 1 atom stereocenters. The minimum absolute atomic E-state index is 0.531. The van der Waals surface area contributed by atoms with Gasteiger partial charge >= 0.3 is 13.6 Å². The van der Waals surface area contributed by atoms with E-state index in [9.17, 15) is 9.36 Å². The molecule has 0 spiro atoms. The number of hydrogen-bond donors (Lipinski definition) is 1. The standard InChI is InChI=1S/C5H11O4P/c1-4(2)10(7,8)9-5(3)6/h4H,1-3H3,(H,7,8). The molecular weight excluding hydrogens is 155 g/mol. The van der Waals surface area contributed by atoms with E-state index in [-0.39, 0.29) is 0 Å². The third-order valence-electron chi connectivity index (χ3n) is 0.912. The van der Waals surface area contributed by atoms with Crippen molar-refractivity contribution in [3.05, 3.63) is 0 Å². The van der Waals surface area contributed by atoms with E-state index in [0.717, 1.165) is 6.92 Å². The van der Waals surface area contributed by atoms with Crippen LogP contribution in [0, 0.1) is 0 Å². The number of carbonyl (C=O) groups is 1. The third-order valence-corrected chi connectivity index (χ3v) is 2.74. The lowest BCUT2D eigenvalue weighted by atomic mass is 10.6. The van der Waals surface area contributed by atoms with Gasteiger partial charge in [-0.15, -0.1) is 0 Å². The van der Waals surface area contributed by atoms with Gasteiger partial charge in [0.1, 0.15) is 0 Å². The van der Waals surface area contributed by atoms with Gasteiger partial charge in [-0.25, -0.2) is 4.57 Å². The van der Waals surface area contributed by atoms with Crippen LogP contribution in [0.5, 0.6) is 0 Å². The molecule has 5 heteroatoms. The number of hydrogen-bond acceptors (Lipinski definition) is 3. The summed E-state index contributed by atoms with van der Waals surface area (Å²) in [6, 6.07) is 0. The molecule has 0 saturated heterocycles. The molecule has 0 aliphatic carbocycles. The lowest BCUT2D eigenvalue weighted by Crippen LogP contribution is -2.04. The van der Waals surface area contributed by atoms with Gasteiger partial charge in [-0.3, -0.25) is 4.79 Å². The fourth-order valence-corrected chi connectivity index (χ4v) is 0.869. The minimum Gasteiger partial charge on any atom is -0.392 e. The van der Waals surface area contributed by atoms with Crippen LogP contribution in [0.4, 0.5) is 0 Å². The molecule has 0 aliphatic rings. The number of carbonyl (C=O) groups excluding carboxylic acids is 1. The predicted molar refractivity (Wildman–Crippen MR) is 36.7 cm³/mol. The molecule has 0 heterocycles. The van der Waals surface area contributed by atoms with Crippen LogP contribution in [0.15, 0.2) is 0 Å². The molecule has 0 radical (unpaired) electrons. The van der Waals surface area contributed by atoms with Crippen molar-refractivity contribution in [2.24, 2.45) is 0 Å². The zero-order valence-electron chi connectivity index (χ0n) is 6.20. The van der Waals surface area contributed by atoms with E-state index in [1.807, 2.05) is 0 Å². The van der Waals surface area contributed by atoms with Gasteiger partial charge in [0.25, 0.3) is 0 Å². The highest BCUT2D eigenvalue weighted by molar-refractivity contribution is 7.54. The zero-order valence-corrected chi connectivity index (χ0v) is 7.09. The van der Waals surface area contributed by atoms with Crippen LogP contribution in [0.2, 0.25) is 0 Å². The van der Waals surface area contributed by atoms with Crippen LogP contribution >= 0.6 is 7.60 Å². The first-order valence-corrected chi connectivity index (χ1v) is 4.53. The molecule has 60 valence electrons. The van der Waals surface area contributed by atoms with Crippen LogP contribution in [-0.4, -0.2) is 16.5 Å². The minimum atomic E-state index is -3.67. The molecule has 0 amide bonds. The Morgan fingerprint density at radius 1 is 1.60 bits per heavy atom. The van der Waals surface area contributed by atoms with E-state index in [1.165, 1.54) is 13.8 Å². The van der Waals surface area contributed by atoms with Crippen LogP contribution in [0.3, 0.4) is 0 Å². The van der Waals surface area contributed by atoms with E-state index in [4.69, 9.17) is 4.89 Å². The highest BCUT2D eigenvalue weighted by atomic mass is 31.2. The second kappa shape index (κ2) is 3.17. The molecule has 0 fully saturated rings. The van der Waals surface area contributed by atoms with Gasteiger partial charge in [-0.05, 0) is 0 Å². The second-order valence-electron chi connectivity index (χ2n) is 2.24. The first kappa shape index (κ1) is 9.66. The highest BCUT2D eigenvalue weighted by Gasteiger charge is 2.26. The molecule has 0 aliphatic heterocycles. The molecule has 0 aromatic rings. The molecule has 0 saturated carbocycles. The summed E-state index contributed by atoms with van der Waals surface area (Å²) in [5, 5.41) is 0. The second-order valence-corrected chi connectivity index (χ2v) is 4.58. The summed E-state index contributed by atoms with van der Waals surface area (Å²) in [4.78, 5) is 19.1. The maximum atomic E-state index is 10.8. The largest absolute Gasteiger partial charge is 0.392 e. The van der Waals surface area contributed by atoms with Crippen LogP contribution in [-0.2, 0) is 13.9 Å². The maximum absolute atomic E-state index is 10.8. The third kappa shape index (κ3) is 2.99. The molecule has 1 N–H and O–H groups in total. The molecular formula is C5H11O4P. The van der Waals surface area contributed by atoms with Crippen molar-refractivity contribution in [2.45, 2.75) is 26.4 Å². The molecule has 10 heavy (non-hydrogen) atoms. The van der Waals surface area contributed by atoms with Crippen molar-refractivity contribution in [3.63, 3.8) is 0 Å². The monoisotopic (exact) mass is 166 g/mol. The van der Waals surface area contributed by atoms with Crippen molar-refractivity contribution in [1.29, 1.82) is 0 Å². The van der Waals surface area contributed by atoms with Gasteiger partial charge in [-0.1, -0.05) is 13.8 Å². The fraction of sp³-hybridized carbons (Fsp3) is 0.800. The van der Waals surface area contributed by atoms with E-state index >= 15 is 0 Å². The molecule has 1 unspecified atom stereocenters. The molecule has 0 aromatic carbocycles. The summed E-state index contributed by atoms with van der Waals surface area (Å²) in [6.45, 7) is 4.14. The van der Waals surface area contributed by atoms with E-state index < -0.39 is 19.2 Å². The lowest BCUT2D eigenvalue weighted by Gasteiger charge is -2.12. The van der Waals surface area contributed by atoms with Crippen LogP contribution in [0.25, 0.3) is 0 Å². The van der Waals surface area contributed by atoms with Gasteiger partial charge in [0.05, 0.1) is 5.66 Å². The first-order valence-electron chi connectivity index (χ1n) is 2.89. The molecule has 0 bridgehead atoms. The molecule has 0 rings (SSSR count). The summed E-state index contributed by atoms with van der Waals surface area (Å²) in [5.41, 5.74) is -0.531. The average Bonchev–Trinajstić information content (AvgIpc) is 1.60. The molecule has 4 nitrogen and oxygen atoms in total. The summed E-state index contributed by atoms with van der Waals surface area (Å²) in [7, 11) is -3.67. The Hall–Kier alpha value is -0.340. The fourth-order valence-electron chi connectivity index (χ4n) is 0.290. The van der Waals surface area contributed by atoms with Gasteiger partial charge in [0, 0.05) is 6.92 Å². The zero-order chi connectivity index (χ0) is 8.36. The summed E-state index contributed by atoms with van der Waals surface area (Å²) in [6.07, 6.45) is 0. The smallest absolute Gasteiger partial charge is 0.381 e. The van der Waals surface area contributed by atoms with E-state index in [2.05, 4.69) is 4.52 Å². The van der Waals surface area contributed by atoms with Crippen molar-refractivity contribution < 1.29 is 18.8 Å². The van der Waals surface area contributed by atoms with Crippen molar-refractivity contribution >= 4 is 13.6 Å². The topological polar surface area (TPSA) is 63.6 Å². The number of rotatable bonds is 2. The van der Waals surface area contributed by atoms with Gasteiger partial charge in [-0.2, -0.15) is 0 Å². The summed E-state index contributed by atoms with van der Waals surface area (Å²) < 4.78 is 15.0. The Kier molecular flexibility index (Phi) is 3.06. The van der Waals surface area contributed by atoms with Crippen molar-refractivity contribution in [3.8, 4) is 0 Å². The van der Waals surface area contributed by atoms with Crippen molar-refractivity contribution in [1.82, 2.24) is 0 Å². The Morgan fingerprint density at radius 2 is 2.00 bits per heavy atom. The molecule has 0 aromatic heterocycles. The van der Waals surface area contributed by atoms with Crippen LogP contribution < -0.4 is 0 Å². The van der Waals surface area contributed by atoms with E-state index in [1.54, 1.807) is 0 Å². The highest BCUT2D eigenvalue weighted by Crippen LogP contribution is 2.46. The lowest BCUT2D eigenvalue weighted by molar-refractivity contribution is -0.132. The van der Waals surface area contributed by atoms with Gasteiger partial charge < -0.3 is 9.42 Å². The predicted octanol–water partition coefficient (Wildman–Crippen LogP) is 1.14. The Bertz CT molecular complexity index is 174. The normalized spacial score (nSPS) is 16.5. The SMILES string of the molecule is CC(=O)OP(=O)(O)C(C)C. The Morgan fingerprint density at radius 3 is 2.10 bits per heavy atom. The first-order chi connectivity index (χ1) is 4.36. The summed E-state index contributed by atoms with van der Waals surface area (Å²) in [5.74, 6) is -0.723. The summed E-state index contributed by atoms with van der Waals surface area (Å²) >= 11 is 0. The average molecular weight is 166 g/mol. The van der Waals surface area contributed by atoms with Crippen molar-refractivity contribution in [2.75, 3.05) is 0 Å².